The summed E-state index contributed by atoms with van der Waals surface area (Å²) >= 11 is 0. The molecule has 212 valence electrons. The maximum Gasteiger partial charge on any atom is 0.439 e. The molecule has 0 spiro atoms. The van der Waals surface area contributed by atoms with Gasteiger partial charge in [0.15, 0.2) is 0 Å². The van der Waals surface area contributed by atoms with Gasteiger partial charge in [-0.25, -0.2) is 9.36 Å². The highest BCUT2D eigenvalue weighted by atomic mass is 31.2. The van der Waals surface area contributed by atoms with Gasteiger partial charge in [-0.15, -0.1) is 0 Å². The van der Waals surface area contributed by atoms with Crippen molar-refractivity contribution in [1.82, 2.24) is 0 Å². The molecule has 0 bridgehead atoms. The Bertz CT molecular complexity index is 1220. The fourth-order valence-corrected chi connectivity index (χ4v) is 4.49. The highest BCUT2D eigenvalue weighted by Gasteiger charge is 2.37. The summed E-state index contributed by atoms with van der Waals surface area (Å²) in [7, 11) is -4.40. The maximum absolute atomic E-state index is 13.6. The van der Waals surface area contributed by atoms with E-state index in [4.69, 9.17) is 23.3 Å². The van der Waals surface area contributed by atoms with E-state index in [9.17, 15) is 18.9 Å². The van der Waals surface area contributed by atoms with E-state index in [1.165, 1.54) is 0 Å². The van der Waals surface area contributed by atoms with Gasteiger partial charge in [0.2, 0.25) is 0 Å². The van der Waals surface area contributed by atoms with Gasteiger partial charge in [0.1, 0.15) is 18.1 Å². The number of carbonyl (C=O) groups excluding carboxylic acids is 3. The van der Waals surface area contributed by atoms with Crippen LogP contribution in [0.1, 0.15) is 56.2 Å². The van der Waals surface area contributed by atoms with Crippen molar-refractivity contribution in [2.45, 2.75) is 59.4 Å². The van der Waals surface area contributed by atoms with Crippen LogP contribution in [0, 0.1) is 0 Å². The first-order valence-corrected chi connectivity index (χ1v) is 14.5. The molecule has 40 heavy (non-hydrogen) atoms. The van der Waals surface area contributed by atoms with Crippen molar-refractivity contribution < 1.29 is 42.2 Å². The number of esters is 2. The molecular weight excluding hydrogens is 535 g/mol. The Morgan fingerprint density at radius 1 is 0.600 bits per heavy atom. The summed E-state index contributed by atoms with van der Waals surface area (Å²) in [6.07, 6.45) is 1.97. The van der Waals surface area contributed by atoms with E-state index in [0.29, 0.717) is 53.9 Å². The number of carbonyl (C=O) groups is 3. The van der Waals surface area contributed by atoms with Crippen LogP contribution in [-0.4, -0.2) is 17.6 Å². The van der Waals surface area contributed by atoms with Gasteiger partial charge in [-0.05, 0) is 53.8 Å². The van der Waals surface area contributed by atoms with Crippen molar-refractivity contribution in [2.75, 3.05) is 0 Å². The number of ether oxygens (including phenoxy) is 3. The Labute approximate surface area is 233 Å². The molecular formula is C30H33O9P. The van der Waals surface area contributed by atoms with E-state index in [2.05, 4.69) is 0 Å². The smallest absolute Gasteiger partial charge is 0.439 e. The molecule has 3 rings (SSSR count). The Morgan fingerprint density at radius 3 is 1.45 bits per heavy atom. The van der Waals surface area contributed by atoms with Gasteiger partial charge in [-0.3, -0.25) is 18.6 Å². The standard InChI is InChI=1S/C30H33O9P/c1-3-8-28(31)38-26-16-12-24(13-17-26)21-36-40(34,30(33)35-20-23-10-6-5-7-11-23)37-22-25-14-18-27(19-15-25)39-29(32)9-4-2/h5-7,10-19H,3-4,8-9,20-22H2,1-2H3. The fraction of sp³-hybridized carbons (Fsp3) is 0.300. The van der Waals surface area contributed by atoms with Crippen LogP contribution < -0.4 is 9.47 Å². The molecule has 0 fully saturated rings. The SMILES string of the molecule is CCCC(=O)Oc1ccc(COP(=O)(OCc2ccc(OC(=O)CCC)cc2)C(=O)OCc2ccccc2)cc1. The summed E-state index contributed by atoms with van der Waals surface area (Å²) < 4.78 is 40.4. The molecule has 0 N–H and O–H groups in total. The minimum atomic E-state index is -4.40. The average Bonchev–Trinajstić information content (AvgIpc) is 2.96. The topological polar surface area (TPSA) is 114 Å². The fourth-order valence-electron chi connectivity index (χ4n) is 3.34. The van der Waals surface area contributed by atoms with Crippen LogP contribution in [0.3, 0.4) is 0 Å². The second kappa shape index (κ2) is 15.7. The minimum Gasteiger partial charge on any atom is -0.452 e. The Balaban J connectivity index is 1.66. The van der Waals surface area contributed by atoms with Crippen LogP contribution in [0.15, 0.2) is 78.9 Å². The van der Waals surface area contributed by atoms with Crippen LogP contribution in [0.25, 0.3) is 0 Å². The third kappa shape index (κ3) is 10.1. The van der Waals surface area contributed by atoms with Crippen molar-refractivity contribution >= 4 is 25.2 Å². The van der Waals surface area contributed by atoms with Crippen molar-refractivity contribution in [2.24, 2.45) is 0 Å². The number of rotatable bonds is 15. The lowest BCUT2D eigenvalue weighted by Crippen LogP contribution is -2.10. The van der Waals surface area contributed by atoms with Crippen LogP contribution >= 0.6 is 7.60 Å². The molecule has 0 heterocycles. The van der Waals surface area contributed by atoms with Crippen molar-refractivity contribution in [1.29, 1.82) is 0 Å². The molecule has 0 atom stereocenters. The van der Waals surface area contributed by atoms with E-state index in [1.807, 2.05) is 19.9 Å². The molecule has 0 radical (unpaired) electrons. The Kier molecular flexibility index (Phi) is 12.1. The van der Waals surface area contributed by atoms with Gasteiger partial charge in [0, 0.05) is 12.8 Å². The van der Waals surface area contributed by atoms with Gasteiger partial charge in [0.05, 0.1) is 13.2 Å². The van der Waals surface area contributed by atoms with Crippen LogP contribution in [0.5, 0.6) is 11.5 Å². The number of hydrogen-bond donors (Lipinski definition) is 0. The first kappa shape index (κ1) is 30.8. The third-order valence-corrected chi connectivity index (χ3v) is 6.96. The molecule has 10 heteroatoms. The first-order valence-electron chi connectivity index (χ1n) is 13.0. The van der Waals surface area contributed by atoms with Crippen LogP contribution in [-0.2, 0) is 47.8 Å². The quantitative estimate of drug-likeness (QED) is 0.105. The third-order valence-electron chi connectivity index (χ3n) is 5.45. The van der Waals surface area contributed by atoms with Gasteiger partial charge < -0.3 is 14.2 Å². The molecule has 0 saturated heterocycles. The van der Waals surface area contributed by atoms with E-state index in [-0.39, 0.29) is 31.8 Å². The lowest BCUT2D eigenvalue weighted by molar-refractivity contribution is -0.135. The van der Waals surface area contributed by atoms with E-state index >= 15 is 0 Å². The van der Waals surface area contributed by atoms with E-state index in [0.717, 1.165) is 0 Å². The van der Waals surface area contributed by atoms with Crippen LogP contribution in [0.2, 0.25) is 0 Å². The Morgan fingerprint density at radius 2 is 1.02 bits per heavy atom. The molecule has 0 aliphatic rings. The normalized spacial score (nSPS) is 11.1. The van der Waals surface area contributed by atoms with Crippen molar-refractivity contribution in [3.63, 3.8) is 0 Å². The van der Waals surface area contributed by atoms with Gasteiger partial charge >= 0.3 is 25.2 Å². The summed E-state index contributed by atoms with van der Waals surface area (Å²) in [6.45, 7) is 3.23. The van der Waals surface area contributed by atoms with Gasteiger partial charge in [-0.2, -0.15) is 0 Å². The minimum absolute atomic E-state index is 0.105. The van der Waals surface area contributed by atoms with Crippen molar-refractivity contribution in [3.05, 3.63) is 95.6 Å². The summed E-state index contributed by atoms with van der Waals surface area (Å²) in [5, 5.41) is 0. The lowest BCUT2D eigenvalue weighted by Gasteiger charge is -2.18. The monoisotopic (exact) mass is 568 g/mol. The zero-order valence-electron chi connectivity index (χ0n) is 22.6. The Hall–Kier alpha value is -3.78. The zero-order chi connectivity index (χ0) is 28.8. The molecule has 0 aliphatic heterocycles. The molecule has 0 aromatic heterocycles. The van der Waals surface area contributed by atoms with Gasteiger partial charge in [0.25, 0.3) is 0 Å². The second-order valence-corrected chi connectivity index (χ2v) is 10.7. The highest BCUT2D eigenvalue weighted by Crippen LogP contribution is 2.52. The second-order valence-electron chi connectivity index (χ2n) is 8.82. The first-order chi connectivity index (χ1) is 19.3. The predicted molar refractivity (Wildman–Crippen MR) is 148 cm³/mol. The zero-order valence-corrected chi connectivity index (χ0v) is 23.5. The predicted octanol–water partition coefficient (Wildman–Crippen LogP) is 7.36. The molecule has 0 saturated carbocycles. The largest absolute Gasteiger partial charge is 0.452 e. The highest BCUT2D eigenvalue weighted by molar-refractivity contribution is 7.71. The maximum atomic E-state index is 13.6. The number of hydrogen-bond acceptors (Lipinski definition) is 9. The lowest BCUT2D eigenvalue weighted by atomic mass is 10.2. The molecule has 0 aliphatic carbocycles. The van der Waals surface area contributed by atoms with E-state index in [1.54, 1.807) is 72.8 Å². The summed E-state index contributed by atoms with van der Waals surface area (Å²) in [5.41, 5.74) is 0.747. The molecule has 3 aromatic carbocycles. The average molecular weight is 569 g/mol. The summed E-state index contributed by atoms with van der Waals surface area (Å²) in [6, 6.07) is 21.8. The molecule has 0 unspecified atom stereocenters. The van der Waals surface area contributed by atoms with Crippen LogP contribution in [0.4, 0.5) is 4.79 Å². The molecule has 3 aromatic rings. The summed E-state index contributed by atoms with van der Waals surface area (Å²) in [5.74, 6) is 0.0656. The van der Waals surface area contributed by atoms with E-state index < -0.39 is 13.3 Å². The molecule has 9 nitrogen and oxygen atoms in total. The number of benzene rings is 3. The van der Waals surface area contributed by atoms with Gasteiger partial charge in [-0.1, -0.05) is 68.4 Å². The summed E-state index contributed by atoms with van der Waals surface area (Å²) in [4.78, 5) is 36.3. The van der Waals surface area contributed by atoms with Crippen molar-refractivity contribution in [3.8, 4) is 11.5 Å². The molecule has 0 amide bonds.